The Kier molecular flexibility index (Phi) is 6.81. The predicted octanol–water partition coefficient (Wildman–Crippen LogP) is 2.61. The van der Waals surface area contributed by atoms with E-state index < -0.39 is 40.6 Å². The maximum Gasteiger partial charge on any atom is 0.322 e. The first-order valence-electron chi connectivity index (χ1n) is 12.4. The van der Waals surface area contributed by atoms with Gasteiger partial charge in [-0.1, -0.05) is 42.5 Å². The third kappa shape index (κ3) is 3.81. The van der Waals surface area contributed by atoms with E-state index in [0.29, 0.717) is 17.9 Å². The topological polar surface area (TPSA) is 102 Å². The summed E-state index contributed by atoms with van der Waals surface area (Å²) in [5, 5.41) is 0. The number of hydrogen-bond donors (Lipinski definition) is 0. The Hall–Kier alpha value is -3.95. The number of likely N-dealkylation sites (tertiary alicyclic amines) is 2. The van der Waals surface area contributed by atoms with Crippen molar-refractivity contribution >= 4 is 17.7 Å². The smallest absolute Gasteiger partial charge is 0.322 e. The molecule has 2 aliphatic rings. The second kappa shape index (κ2) is 10.1. The number of fused-ring (bicyclic) bond motifs is 2. The first-order valence-corrected chi connectivity index (χ1v) is 12.4. The zero-order valence-electron chi connectivity index (χ0n) is 21.6. The van der Waals surface area contributed by atoms with E-state index in [4.69, 9.17) is 9.47 Å². The Bertz CT molecular complexity index is 1240. The normalized spacial score (nSPS) is 27.5. The largest absolute Gasteiger partial charge is 0.468 e. The summed E-state index contributed by atoms with van der Waals surface area (Å²) in [6, 6.07) is 18.8. The zero-order valence-corrected chi connectivity index (χ0v) is 21.6. The maximum absolute atomic E-state index is 14.9. The number of hydrogen-bond acceptors (Lipinski definition) is 9. The summed E-state index contributed by atoms with van der Waals surface area (Å²) in [5.41, 5.74) is -1.50. The highest BCUT2D eigenvalue weighted by Crippen LogP contribution is 2.60. The Labute approximate surface area is 221 Å². The van der Waals surface area contributed by atoms with Gasteiger partial charge in [-0.15, -0.1) is 0 Å². The van der Waals surface area contributed by atoms with Crippen molar-refractivity contribution in [2.24, 2.45) is 10.8 Å². The number of ether oxygens (including phenoxy) is 2. The van der Waals surface area contributed by atoms with Crippen molar-refractivity contribution in [3.63, 3.8) is 0 Å². The van der Waals surface area contributed by atoms with E-state index >= 15 is 0 Å². The zero-order chi connectivity index (χ0) is 26.9. The predicted molar refractivity (Wildman–Crippen MR) is 137 cm³/mol. The molecule has 9 heteroatoms. The third-order valence-electron chi connectivity index (χ3n) is 7.69. The van der Waals surface area contributed by atoms with Crippen molar-refractivity contribution in [1.29, 1.82) is 0 Å². The highest BCUT2D eigenvalue weighted by molar-refractivity contribution is 6.17. The van der Waals surface area contributed by atoms with Gasteiger partial charge in [0.25, 0.3) is 0 Å². The molecule has 38 heavy (non-hydrogen) atoms. The summed E-state index contributed by atoms with van der Waals surface area (Å²) in [4.78, 5) is 55.6. The van der Waals surface area contributed by atoms with Gasteiger partial charge >= 0.3 is 11.9 Å². The van der Waals surface area contributed by atoms with Gasteiger partial charge in [-0.3, -0.25) is 29.3 Å². The van der Waals surface area contributed by atoms with Gasteiger partial charge in [-0.2, -0.15) is 0 Å². The van der Waals surface area contributed by atoms with Gasteiger partial charge in [0.15, 0.2) is 16.6 Å². The van der Waals surface area contributed by atoms with Gasteiger partial charge in [-0.05, 0) is 36.9 Å². The molecule has 5 rings (SSSR count). The number of pyridine rings is 2. The van der Waals surface area contributed by atoms with E-state index in [-0.39, 0.29) is 13.1 Å². The standard InChI is InChI=1S/C29H30N4O5/c1-32-18-28(26(35)37-2)23(21-13-7-9-15-30-21)33(17-20-11-5-4-6-12-20)24(22-14-8-10-16-31-22)29(19-32,25(28)34)27(36)38-3/h4-16,23-24H,17-19H2,1-3H3. The van der Waals surface area contributed by atoms with Gasteiger partial charge < -0.3 is 14.4 Å². The maximum atomic E-state index is 14.9. The van der Waals surface area contributed by atoms with Crippen LogP contribution in [0.1, 0.15) is 29.0 Å². The van der Waals surface area contributed by atoms with Crippen LogP contribution in [0.5, 0.6) is 0 Å². The Morgan fingerprint density at radius 1 is 0.816 bits per heavy atom. The molecule has 0 spiro atoms. The second-order valence-corrected chi connectivity index (χ2v) is 9.90. The molecule has 0 saturated carbocycles. The fraction of sp³-hybridized carbons (Fsp3) is 0.345. The number of Topliss-reactive ketones (excluding diaryl/α,β-unsaturated/α-hetero) is 1. The number of ketones is 1. The van der Waals surface area contributed by atoms with Gasteiger partial charge in [0, 0.05) is 32.0 Å². The average molecular weight is 515 g/mol. The third-order valence-corrected chi connectivity index (χ3v) is 7.69. The van der Waals surface area contributed by atoms with Crippen molar-refractivity contribution in [1.82, 2.24) is 19.8 Å². The highest BCUT2D eigenvalue weighted by atomic mass is 16.5. The lowest BCUT2D eigenvalue weighted by atomic mass is 9.54. The molecule has 2 saturated heterocycles. The van der Waals surface area contributed by atoms with Crippen LogP contribution < -0.4 is 0 Å². The van der Waals surface area contributed by atoms with E-state index in [0.717, 1.165) is 5.56 Å². The molecule has 0 N–H and O–H groups in total. The first-order chi connectivity index (χ1) is 18.4. The number of benzene rings is 1. The molecule has 3 aromatic rings. The molecule has 0 radical (unpaired) electrons. The summed E-state index contributed by atoms with van der Waals surface area (Å²) in [7, 11) is 4.32. The van der Waals surface area contributed by atoms with E-state index in [1.165, 1.54) is 14.2 Å². The molecule has 196 valence electrons. The molecule has 0 aliphatic carbocycles. The molecule has 0 amide bonds. The molecule has 9 nitrogen and oxygen atoms in total. The molecule has 2 fully saturated rings. The van der Waals surface area contributed by atoms with Gasteiger partial charge in [0.1, 0.15) is 0 Å². The minimum Gasteiger partial charge on any atom is -0.468 e. The Morgan fingerprint density at radius 3 is 1.71 bits per heavy atom. The van der Waals surface area contributed by atoms with Crippen LogP contribution in [-0.4, -0.2) is 71.8 Å². The monoisotopic (exact) mass is 514 g/mol. The number of nitrogens with zero attached hydrogens (tertiary/aromatic N) is 4. The number of methoxy groups -OCH3 is 2. The molecule has 1 aromatic carbocycles. The van der Waals surface area contributed by atoms with Crippen LogP contribution in [0.4, 0.5) is 0 Å². The number of piperidine rings is 2. The Balaban J connectivity index is 1.88. The van der Waals surface area contributed by atoms with Crippen LogP contribution in [0.15, 0.2) is 79.1 Å². The van der Waals surface area contributed by atoms with Crippen LogP contribution in [0.3, 0.4) is 0 Å². The van der Waals surface area contributed by atoms with Crippen molar-refractivity contribution in [2.45, 2.75) is 18.6 Å². The van der Waals surface area contributed by atoms with Crippen LogP contribution in [0, 0.1) is 10.8 Å². The van der Waals surface area contributed by atoms with Crippen molar-refractivity contribution < 1.29 is 23.9 Å². The summed E-state index contributed by atoms with van der Waals surface area (Å²) in [5.74, 6) is -1.96. The van der Waals surface area contributed by atoms with Gasteiger partial charge in [0.05, 0.1) is 37.7 Å². The van der Waals surface area contributed by atoms with Crippen LogP contribution in [0.2, 0.25) is 0 Å². The van der Waals surface area contributed by atoms with Crippen LogP contribution in [-0.2, 0) is 30.4 Å². The van der Waals surface area contributed by atoms with E-state index in [9.17, 15) is 14.4 Å². The minimum absolute atomic E-state index is 0.0543. The fourth-order valence-corrected chi connectivity index (χ4v) is 6.38. The lowest BCUT2D eigenvalue weighted by Gasteiger charge is -2.61. The van der Waals surface area contributed by atoms with Crippen molar-refractivity contribution in [3.05, 3.63) is 96.1 Å². The van der Waals surface area contributed by atoms with Crippen molar-refractivity contribution in [3.8, 4) is 0 Å². The summed E-state index contributed by atoms with van der Waals surface area (Å²) < 4.78 is 10.7. The number of aromatic nitrogens is 2. The van der Waals surface area contributed by atoms with E-state index in [1.54, 1.807) is 43.7 Å². The molecule has 4 heterocycles. The minimum atomic E-state index is -1.75. The molecular formula is C29H30N4O5. The SMILES string of the molecule is COC(=O)C12CN(C)CC(C(=O)OC)(C1=O)C(c1ccccn1)N(Cc1ccccc1)C2c1ccccn1. The van der Waals surface area contributed by atoms with Crippen molar-refractivity contribution in [2.75, 3.05) is 34.4 Å². The summed E-state index contributed by atoms with van der Waals surface area (Å²) in [6.07, 6.45) is 3.27. The molecule has 4 atom stereocenters. The quantitative estimate of drug-likeness (QED) is 0.363. The second-order valence-electron chi connectivity index (χ2n) is 9.90. The molecule has 2 aliphatic heterocycles. The number of carbonyl (C=O) groups excluding carboxylic acids is 3. The molecule has 4 unspecified atom stereocenters. The van der Waals surface area contributed by atoms with E-state index in [2.05, 4.69) is 9.97 Å². The molecule has 2 aromatic heterocycles. The average Bonchev–Trinajstić information content (AvgIpc) is 2.95. The van der Waals surface area contributed by atoms with Crippen LogP contribution >= 0.6 is 0 Å². The van der Waals surface area contributed by atoms with Gasteiger partial charge in [-0.25, -0.2) is 0 Å². The lowest BCUT2D eigenvalue weighted by molar-refractivity contribution is -0.206. The van der Waals surface area contributed by atoms with Gasteiger partial charge in [0.2, 0.25) is 0 Å². The number of carbonyl (C=O) groups is 3. The molecular weight excluding hydrogens is 484 g/mol. The first kappa shape index (κ1) is 25.7. The summed E-state index contributed by atoms with van der Waals surface area (Å²) >= 11 is 0. The van der Waals surface area contributed by atoms with E-state index in [1.807, 2.05) is 52.3 Å². The molecule has 2 bridgehead atoms. The highest BCUT2D eigenvalue weighted by Gasteiger charge is 2.75. The summed E-state index contributed by atoms with van der Waals surface area (Å²) in [6.45, 7) is 0.426. The Morgan fingerprint density at radius 2 is 1.29 bits per heavy atom. The number of esters is 2. The van der Waals surface area contributed by atoms with Crippen LogP contribution in [0.25, 0.3) is 0 Å². The fourth-order valence-electron chi connectivity index (χ4n) is 6.38. The number of rotatable bonds is 6. The lowest BCUT2D eigenvalue weighted by Crippen LogP contribution is -2.75.